The number of hydrogen-bond acceptors (Lipinski definition) is 6. The highest BCUT2D eigenvalue weighted by Crippen LogP contribution is 2.33. The Morgan fingerprint density at radius 3 is 2.62 bits per heavy atom. The van der Waals surface area contributed by atoms with Crippen molar-refractivity contribution in [2.24, 2.45) is 0 Å². The van der Waals surface area contributed by atoms with Gasteiger partial charge in [0.05, 0.1) is 22.5 Å². The van der Waals surface area contributed by atoms with Crippen LogP contribution < -0.4 is 9.64 Å². The number of ether oxygens (including phenoxy) is 1. The number of aromatic nitrogens is 2. The normalized spacial score (nSPS) is 14.9. The van der Waals surface area contributed by atoms with E-state index >= 15 is 0 Å². The van der Waals surface area contributed by atoms with Gasteiger partial charge in [0.1, 0.15) is 11.8 Å². The van der Waals surface area contributed by atoms with E-state index in [0.717, 1.165) is 31.0 Å². The van der Waals surface area contributed by atoms with Crippen molar-refractivity contribution in [2.45, 2.75) is 13.2 Å². The van der Waals surface area contributed by atoms with E-state index < -0.39 is 6.61 Å². The fraction of sp³-hybridized carbons (Fsp3) is 0.286. The van der Waals surface area contributed by atoms with Crippen molar-refractivity contribution in [1.29, 1.82) is 5.26 Å². The summed E-state index contributed by atoms with van der Waals surface area (Å²) in [5.41, 5.74) is 2.79. The van der Waals surface area contributed by atoms with Crippen molar-refractivity contribution in [3.63, 3.8) is 0 Å². The Morgan fingerprint density at radius 2 is 1.93 bits per heavy atom. The van der Waals surface area contributed by atoms with Gasteiger partial charge in [0.2, 0.25) is 0 Å². The third-order valence-corrected chi connectivity index (χ3v) is 4.96. The van der Waals surface area contributed by atoms with Crippen LogP contribution in [0.4, 0.5) is 14.5 Å². The molecule has 1 aliphatic heterocycles. The van der Waals surface area contributed by atoms with Crippen LogP contribution in [0, 0.1) is 11.3 Å². The van der Waals surface area contributed by atoms with Gasteiger partial charge in [-0.2, -0.15) is 14.0 Å². The van der Waals surface area contributed by atoms with E-state index in [-0.39, 0.29) is 5.75 Å². The topological polar surface area (TPSA) is 65.3 Å². The van der Waals surface area contributed by atoms with Gasteiger partial charge < -0.3 is 9.64 Å². The van der Waals surface area contributed by atoms with Crippen LogP contribution in [0.3, 0.4) is 0 Å². The second-order valence-corrected chi connectivity index (χ2v) is 6.77. The fourth-order valence-corrected chi connectivity index (χ4v) is 3.61. The van der Waals surface area contributed by atoms with E-state index in [4.69, 9.17) is 0 Å². The largest absolute Gasteiger partial charge is 0.435 e. The number of fused-ring (bicyclic) bond motifs is 1. The number of nitrogens with zero attached hydrogens (tertiary/aromatic N) is 5. The molecule has 2 aromatic heterocycles. The Balaban J connectivity index is 1.59. The Labute approximate surface area is 167 Å². The summed E-state index contributed by atoms with van der Waals surface area (Å²) in [5.74, 6) is 0.0550. The lowest BCUT2D eigenvalue weighted by Crippen LogP contribution is -2.46. The van der Waals surface area contributed by atoms with Crippen LogP contribution in [0.1, 0.15) is 11.3 Å². The van der Waals surface area contributed by atoms with Crippen molar-refractivity contribution in [2.75, 3.05) is 31.1 Å². The number of pyridine rings is 2. The van der Waals surface area contributed by atoms with Gasteiger partial charge in [-0.1, -0.05) is 6.07 Å². The van der Waals surface area contributed by atoms with Gasteiger partial charge in [-0.05, 0) is 30.3 Å². The van der Waals surface area contributed by atoms with Crippen molar-refractivity contribution >= 4 is 16.6 Å². The van der Waals surface area contributed by atoms with Gasteiger partial charge in [-0.15, -0.1) is 0 Å². The molecule has 1 aromatic carbocycles. The predicted octanol–water partition coefficient (Wildman–Crippen LogP) is 3.43. The van der Waals surface area contributed by atoms with Gasteiger partial charge in [-0.3, -0.25) is 14.9 Å². The first-order valence-corrected chi connectivity index (χ1v) is 9.29. The van der Waals surface area contributed by atoms with E-state index in [2.05, 4.69) is 30.6 Å². The van der Waals surface area contributed by atoms with Gasteiger partial charge in [0.25, 0.3) is 0 Å². The maximum atomic E-state index is 12.6. The molecule has 3 heterocycles. The van der Waals surface area contributed by atoms with Crippen LogP contribution in [0.15, 0.2) is 48.8 Å². The molecule has 1 aliphatic rings. The smallest absolute Gasteiger partial charge is 0.387 e. The van der Waals surface area contributed by atoms with E-state index in [1.807, 2.05) is 18.2 Å². The molecule has 8 heteroatoms. The average molecular weight is 395 g/mol. The molecule has 148 valence electrons. The van der Waals surface area contributed by atoms with Crippen LogP contribution in [0.5, 0.6) is 5.75 Å². The van der Waals surface area contributed by atoms with Crippen molar-refractivity contribution < 1.29 is 13.5 Å². The third kappa shape index (κ3) is 4.25. The third-order valence-electron chi connectivity index (χ3n) is 4.96. The molecule has 0 unspecified atom stereocenters. The molecule has 0 amide bonds. The number of rotatable bonds is 5. The molecule has 6 nitrogen and oxygen atoms in total. The highest BCUT2D eigenvalue weighted by atomic mass is 19.3. The number of nitriles is 1. The first-order valence-electron chi connectivity index (χ1n) is 9.29. The molecule has 0 saturated carbocycles. The van der Waals surface area contributed by atoms with Gasteiger partial charge in [-0.25, -0.2) is 0 Å². The number of anilines is 1. The predicted molar refractivity (Wildman–Crippen MR) is 105 cm³/mol. The van der Waals surface area contributed by atoms with Gasteiger partial charge >= 0.3 is 6.61 Å². The summed E-state index contributed by atoms with van der Waals surface area (Å²) in [5, 5.41) is 10.2. The Hall–Kier alpha value is -3.31. The molecule has 0 atom stereocenters. The van der Waals surface area contributed by atoms with Crippen LogP contribution >= 0.6 is 0 Å². The number of halogens is 2. The number of benzene rings is 1. The summed E-state index contributed by atoms with van der Waals surface area (Å²) in [4.78, 5) is 13.1. The molecule has 0 N–H and O–H groups in total. The molecule has 0 bridgehead atoms. The summed E-state index contributed by atoms with van der Waals surface area (Å²) in [6.45, 7) is 0.889. The zero-order valence-electron chi connectivity index (χ0n) is 15.6. The molecule has 29 heavy (non-hydrogen) atoms. The summed E-state index contributed by atoms with van der Waals surface area (Å²) >= 11 is 0. The quantitative estimate of drug-likeness (QED) is 0.660. The number of hydrogen-bond donors (Lipinski definition) is 0. The van der Waals surface area contributed by atoms with Crippen LogP contribution in [0.25, 0.3) is 10.9 Å². The second-order valence-electron chi connectivity index (χ2n) is 6.77. The average Bonchev–Trinajstić information content (AvgIpc) is 2.74. The molecule has 0 aliphatic carbocycles. The fourth-order valence-electron chi connectivity index (χ4n) is 3.61. The Bertz CT molecular complexity index is 1030. The van der Waals surface area contributed by atoms with Gasteiger partial charge in [0.15, 0.2) is 0 Å². The highest BCUT2D eigenvalue weighted by Gasteiger charge is 2.22. The van der Waals surface area contributed by atoms with Crippen molar-refractivity contribution in [3.05, 3.63) is 60.0 Å². The minimum absolute atomic E-state index is 0.0550. The number of piperazine rings is 1. The standard InChI is InChI=1S/C21H19F2N5O/c22-21(23)29-17-4-5-19-18(11-17)20(15(12-24)13-26-19)28-9-7-27(8-10-28)14-16-3-1-2-6-25-16/h1-6,11,13,21H,7-10,14H2. The lowest BCUT2D eigenvalue weighted by atomic mass is 10.1. The van der Waals surface area contributed by atoms with Crippen LogP contribution in [0.2, 0.25) is 0 Å². The van der Waals surface area contributed by atoms with Crippen LogP contribution in [-0.4, -0.2) is 47.7 Å². The zero-order valence-corrected chi connectivity index (χ0v) is 15.6. The minimum Gasteiger partial charge on any atom is -0.435 e. The molecule has 0 spiro atoms. The summed E-state index contributed by atoms with van der Waals surface area (Å²) in [7, 11) is 0. The monoisotopic (exact) mass is 395 g/mol. The van der Waals surface area contributed by atoms with Gasteiger partial charge in [0, 0.05) is 50.5 Å². The van der Waals surface area contributed by atoms with E-state index in [0.29, 0.717) is 29.6 Å². The second kappa shape index (κ2) is 8.37. The van der Waals surface area contributed by atoms with Crippen LogP contribution in [-0.2, 0) is 6.54 Å². The SMILES string of the molecule is N#Cc1cnc2ccc(OC(F)F)cc2c1N1CCN(Cc2ccccn2)CC1. The Morgan fingerprint density at radius 1 is 1.10 bits per heavy atom. The van der Waals surface area contributed by atoms with E-state index in [1.54, 1.807) is 12.3 Å². The zero-order chi connectivity index (χ0) is 20.2. The minimum atomic E-state index is -2.90. The van der Waals surface area contributed by atoms with Crippen molar-refractivity contribution in [3.8, 4) is 11.8 Å². The first kappa shape index (κ1) is 19.0. The molecule has 4 rings (SSSR count). The lowest BCUT2D eigenvalue weighted by molar-refractivity contribution is -0.0497. The van der Waals surface area contributed by atoms with E-state index in [1.165, 1.54) is 18.3 Å². The lowest BCUT2D eigenvalue weighted by Gasteiger charge is -2.36. The van der Waals surface area contributed by atoms with Crippen molar-refractivity contribution in [1.82, 2.24) is 14.9 Å². The maximum absolute atomic E-state index is 12.6. The highest BCUT2D eigenvalue weighted by molar-refractivity contribution is 5.95. The maximum Gasteiger partial charge on any atom is 0.387 e. The summed E-state index contributed by atoms with van der Waals surface area (Å²) in [6.07, 6.45) is 3.32. The summed E-state index contributed by atoms with van der Waals surface area (Å²) < 4.78 is 29.8. The first-order chi connectivity index (χ1) is 14.1. The summed E-state index contributed by atoms with van der Waals surface area (Å²) in [6, 6.07) is 12.7. The van der Waals surface area contributed by atoms with E-state index in [9.17, 15) is 14.0 Å². The molecule has 1 fully saturated rings. The molecule has 0 radical (unpaired) electrons. The molecule has 1 saturated heterocycles. The molecular formula is C21H19F2N5O. The molecular weight excluding hydrogens is 376 g/mol. The Kier molecular flexibility index (Phi) is 5.49. The molecule has 3 aromatic rings. The number of alkyl halides is 2.